The topological polar surface area (TPSA) is 74.6 Å². The van der Waals surface area contributed by atoms with Gasteiger partial charge in [0.05, 0.1) is 6.42 Å². The van der Waals surface area contributed by atoms with Crippen molar-refractivity contribution in [3.05, 3.63) is 12.2 Å². The molecule has 0 bridgehead atoms. The number of rotatable bonds is 3. The number of carboxylic acid groups (broad SMARTS) is 2. The second-order valence-corrected chi connectivity index (χ2v) is 1.48. The molecule has 0 atom stereocenters. The number of aliphatic carboxylic acids is 2. The zero-order chi connectivity index (χ0) is 7.44. The fourth-order valence-electron chi connectivity index (χ4n) is 0.258. The van der Waals surface area contributed by atoms with Crippen molar-refractivity contribution in [3.63, 3.8) is 0 Å². The Labute approximate surface area is 68.0 Å². The van der Waals surface area contributed by atoms with Crippen molar-refractivity contribution < 1.29 is 36.9 Å². The Balaban J connectivity index is 0. The third kappa shape index (κ3) is 5.34. The Bertz CT molecular complexity index is 163. The molecule has 0 amide bonds. The van der Waals surface area contributed by atoms with Gasteiger partial charge in [0.15, 0.2) is 0 Å². The maximum Gasteiger partial charge on any atom is 0.331 e. The maximum absolute atomic E-state index is 9.87. The van der Waals surface area contributed by atoms with E-state index in [0.29, 0.717) is 0 Å². The van der Waals surface area contributed by atoms with E-state index in [1.807, 2.05) is 0 Å². The van der Waals surface area contributed by atoms with Gasteiger partial charge in [0.25, 0.3) is 0 Å². The summed E-state index contributed by atoms with van der Waals surface area (Å²) < 4.78 is 0. The Morgan fingerprint density at radius 2 is 1.70 bits per heavy atom. The first-order valence-corrected chi connectivity index (χ1v) is 2.17. The van der Waals surface area contributed by atoms with Gasteiger partial charge in [-0.15, -0.1) is 0 Å². The molecule has 0 aromatic heterocycles. The van der Waals surface area contributed by atoms with Gasteiger partial charge in [-0.3, -0.25) is 4.79 Å². The fraction of sp³-hybridized carbons (Fsp3) is 0.200. The van der Waals surface area contributed by atoms with Gasteiger partial charge in [0.2, 0.25) is 0 Å². The van der Waals surface area contributed by atoms with Gasteiger partial charge < -0.3 is 10.2 Å². The predicted molar refractivity (Wildman–Crippen MR) is 29.0 cm³/mol. The van der Waals surface area contributed by atoms with E-state index in [4.69, 9.17) is 10.2 Å². The van der Waals surface area contributed by atoms with Crippen LogP contribution in [0.25, 0.3) is 0 Å². The molecule has 58 valence electrons. The van der Waals surface area contributed by atoms with Gasteiger partial charge in [-0.25, -0.2) is 4.79 Å². The summed E-state index contributed by atoms with van der Waals surface area (Å²) in [4.78, 5) is 19.7. The average molecular weight is 186 g/mol. The smallest absolute Gasteiger partial charge is 0.331 e. The van der Waals surface area contributed by atoms with E-state index in [0.717, 1.165) is 0 Å². The molecule has 0 saturated heterocycles. The molecule has 2 N–H and O–H groups in total. The molecule has 0 radical (unpaired) electrons. The van der Waals surface area contributed by atoms with Gasteiger partial charge in [-0.2, -0.15) is 0 Å². The first kappa shape index (κ1) is 11.9. The van der Waals surface area contributed by atoms with Crippen LogP contribution in [-0.2, 0) is 26.7 Å². The quantitative estimate of drug-likeness (QED) is 0.484. The van der Waals surface area contributed by atoms with Crippen LogP contribution in [-0.4, -0.2) is 22.2 Å². The van der Waals surface area contributed by atoms with Crippen LogP contribution in [0.4, 0.5) is 0 Å². The molecule has 0 fully saturated rings. The van der Waals surface area contributed by atoms with Crippen LogP contribution < -0.4 is 0 Å². The molecular formula is C5H6FeO4. The van der Waals surface area contributed by atoms with Crippen LogP contribution in [0.5, 0.6) is 0 Å². The minimum atomic E-state index is -1.27. The number of hydrogen-bond acceptors (Lipinski definition) is 2. The second kappa shape index (κ2) is 5.02. The van der Waals surface area contributed by atoms with E-state index in [1.54, 1.807) is 0 Å². The molecule has 0 aromatic carbocycles. The van der Waals surface area contributed by atoms with Crippen LogP contribution in [0.2, 0.25) is 0 Å². The molecule has 0 aromatic rings. The van der Waals surface area contributed by atoms with E-state index in [9.17, 15) is 9.59 Å². The summed E-state index contributed by atoms with van der Waals surface area (Å²) in [7, 11) is 0. The molecule has 10 heavy (non-hydrogen) atoms. The van der Waals surface area contributed by atoms with Crippen molar-refractivity contribution >= 4 is 11.9 Å². The van der Waals surface area contributed by atoms with Crippen molar-refractivity contribution in [3.8, 4) is 0 Å². The third-order valence-corrected chi connectivity index (χ3v) is 0.667. The van der Waals surface area contributed by atoms with Crippen LogP contribution in [0.3, 0.4) is 0 Å². The summed E-state index contributed by atoms with van der Waals surface area (Å²) >= 11 is 0. The molecule has 0 heterocycles. The Morgan fingerprint density at radius 3 is 1.80 bits per heavy atom. The largest absolute Gasteiger partial charge is 0.481 e. The minimum absolute atomic E-state index is 0. The fourth-order valence-corrected chi connectivity index (χ4v) is 0.258. The molecule has 0 rings (SSSR count). The van der Waals surface area contributed by atoms with Crippen LogP contribution in [0.15, 0.2) is 12.2 Å². The van der Waals surface area contributed by atoms with E-state index >= 15 is 0 Å². The zero-order valence-corrected chi connectivity index (χ0v) is 6.08. The van der Waals surface area contributed by atoms with Crippen LogP contribution >= 0.6 is 0 Å². The summed E-state index contributed by atoms with van der Waals surface area (Å²) in [5.74, 6) is -2.44. The Morgan fingerprint density at radius 1 is 1.30 bits per heavy atom. The van der Waals surface area contributed by atoms with Gasteiger partial charge in [-0.05, 0) is 0 Å². The zero-order valence-electron chi connectivity index (χ0n) is 4.98. The molecule has 0 spiro atoms. The molecule has 0 saturated carbocycles. The molecule has 0 unspecified atom stereocenters. The summed E-state index contributed by atoms with van der Waals surface area (Å²) in [6.45, 7) is 3.01. The van der Waals surface area contributed by atoms with Crippen LogP contribution in [0, 0.1) is 0 Å². The molecule has 0 aliphatic carbocycles. The molecule has 4 nitrogen and oxygen atoms in total. The monoisotopic (exact) mass is 186 g/mol. The summed E-state index contributed by atoms with van der Waals surface area (Å²) in [5.41, 5.74) is -0.303. The SMILES string of the molecule is C=C(CC(=O)O)C(=O)O.[Fe]. The van der Waals surface area contributed by atoms with Crippen molar-refractivity contribution in [2.45, 2.75) is 6.42 Å². The van der Waals surface area contributed by atoms with E-state index < -0.39 is 18.4 Å². The normalized spacial score (nSPS) is 7.60. The van der Waals surface area contributed by atoms with Gasteiger partial charge in [0, 0.05) is 22.6 Å². The maximum atomic E-state index is 9.87. The van der Waals surface area contributed by atoms with Crippen LogP contribution in [0.1, 0.15) is 6.42 Å². The molecule has 0 aliphatic heterocycles. The molecule has 5 heteroatoms. The Hall–Kier alpha value is -0.801. The van der Waals surface area contributed by atoms with E-state index in [1.165, 1.54) is 0 Å². The van der Waals surface area contributed by atoms with E-state index in [-0.39, 0.29) is 22.6 Å². The minimum Gasteiger partial charge on any atom is -0.481 e. The van der Waals surface area contributed by atoms with Crippen molar-refractivity contribution in [2.24, 2.45) is 0 Å². The number of hydrogen-bond donors (Lipinski definition) is 2. The van der Waals surface area contributed by atoms with Crippen molar-refractivity contribution in [1.82, 2.24) is 0 Å². The molecular weight excluding hydrogens is 180 g/mol. The predicted octanol–water partition coefficient (Wildman–Crippen LogP) is 0.0994. The Kier molecular flexibility index (Phi) is 5.99. The third-order valence-electron chi connectivity index (χ3n) is 0.667. The molecule has 0 aliphatic rings. The first-order chi connectivity index (χ1) is 4.04. The van der Waals surface area contributed by atoms with Gasteiger partial charge in [0.1, 0.15) is 0 Å². The average Bonchev–Trinajstić information content (AvgIpc) is 1.63. The van der Waals surface area contributed by atoms with Gasteiger partial charge >= 0.3 is 11.9 Å². The van der Waals surface area contributed by atoms with Crippen molar-refractivity contribution in [2.75, 3.05) is 0 Å². The summed E-state index contributed by atoms with van der Waals surface area (Å²) in [6.07, 6.45) is -0.505. The summed E-state index contributed by atoms with van der Waals surface area (Å²) in [5, 5.41) is 16.1. The second-order valence-electron chi connectivity index (χ2n) is 1.48. The number of carboxylic acids is 2. The summed E-state index contributed by atoms with van der Waals surface area (Å²) in [6, 6.07) is 0. The number of carbonyl (C=O) groups is 2. The van der Waals surface area contributed by atoms with Gasteiger partial charge in [-0.1, -0.05) is 6.58 Å². The van der Waals surface area contributed by atoms with Crippen molar-refractivity contribution in [1.29, 1.82) is 0 Å². The standard InChI is InChI=1S/C5H6O4.Fe/c1-3(5(8)9)2-4(6)7;/h1-2H2,(H,6,7)(H,8,9);. The first-order valence-electron chi connectivity index (χ1n) is 2.17. The van der Waals surface area contributed by atoms with E-state index in [2.05, 4.69) is 6.58 Å².